The fourth-order valence-corrected chi connectivity index (χ4v) is 6.77. The Morgan fingerprint density at radius 2 is 0.892 bits per heavy atom. The van der Waals surface area contributed by atoms with Crippen molar-refractivity contribution < 1.29 is 26.7 Å². The van der Waals surface area contributed by atoms with E-state index >= 15 is 0 Å². The Kier molecular flexibility index (Phi) is 22.8. The highest BCUT2D eigenvalue weighted by molar-refractivity contribution is 7.89. The molecule has 1 unspecified atom stereocenters. The molecule has 0 aromatic heterocycles. The molecule has 0 spiro atoms. The largest absolute Gasteiger partial charge is 0.480 e. The Balaban J connectivity index is 4.09. The van der Waals surface area contributed by atoms with Crippen LogP contribution in [0.1, 0.15) is 142 Å². The van der Waals surface area contributed by atoms with Gasteiger partial charge in [0.2, 0.25) is 20.0 Å². The number of carboxylic acids is 1. The number of hydrogen-bond acceptors (Lipinski definition) is 5. The molecule has 0 heterocycles. The van der Waals surface area contributed by atoms with Crippen LogP contribution in [0.2, 0.25) is 0 Å². The van der Waals surface area contributed by atoms with Crippen molar-refractivity contribution in [2.24, 2.45) is 0 Å². The van der Waals surface area contributed by atoms with E-state index in [1.54, 1.807) is 0 Å². The smallest absolute Gasteiger partial charge is 0.323 e. The minimum absolute atomic E-state index is 0.0821. The van der Waals surface area contributed by atoms with Crippen molar-refractivity contribution in [1.29, 1.82) is 0 Å². The predicted octanol–water partition coefficient (Wildman–Crippen LogP) is 6.12. The quantitative estimate of drug-likeness (QED) is 0.0975. The van der Waals surface area contributed by atoms with Crippen molar-refractivity contribution >= 4 is 26.0 Å². The molecule has 0 fully saturated rings. The molecular weight excluding hydrogens is 512 g/mol. The highest BCUT2D eigenvalue weighted by atomic mass is 32.2. The lowest BCUT2D eigenvalue weighted by Gasteiger charge is -2.16. The molecule has 222 valence electrons. The molecular formula is C27H56N2O6S2. The van der Waals surface area contributed by atoms with Crippen molar-refractivity contribution in [2.45, 2.75) is 148 Å². The number of aliphatic carboxylic acids is 1. The summed E-state index contributed by atoms with van der Waals surface area (Å²) in [5, 5.41) is 9.38. The summed E-state index contributed by atoms with van der Waals surface area (Å²) in [6.07, 6.45) is 21.6. The Hall–Kier alpha value is -0.710. The number of hydrogen-bond donors (Lipinski definition) is 3. The number of carbonyl (C=O) groups is 1. The van der Waals surface area contributed by atoms with Gasteiger partial charge in [0.05, 0.1) is 11.5 Å². The lowest BCUT2D eigenvalue weighted by molar-refractivity contribution is -0.138. The van der Waals surface area contributed by atoms with Crippen LogP contribution in [0, 0.1) is 0 Å². The second kappa shape index (κ2) is 23.2. The number of nitrogens with one attached hydrogen (secondary N) is 2. The first kappa shape index (κ1) is 36.3. The lowest BCUT2D eigenvalue weighted by Crippen LogP contribution is -2.49. The minimum Gasteiger partial charge on any atom is -0.480 e. The zero-order chi connectivity index (χ0) is 27.8. The zero-order valence-electron chi connectivity index (χ0n) is 23.6. The average molecular weight is 569 g/mol. The lowest BCUT2D eigenvalue weighted by atomic mass is 10.1. The van der Waals surface area contributed by atoms with Gasteiger partial charge in [-0.25, -0.2) is 21.6 Å². The van der Waals surface area contributed by atoms with E-state index in [1.807, 2.05) is 0 Å². The van der Waals surface area contributed by atoms with E-state index in [2.05, 4.69) is 23.3 Å². The first-order valence-electron chi connectivity index (χ1n) is 14.8. The molecule has 0 rings (SSSR count). The summed E-state index contributed by atoms with van der Waals surface area (Å²) in [6, 6.07) is -1.52. The van der Waals surface area contributed by atoms with E-state index in [-0.39, 0.29) is 11.5 Å². The molecule has 0 aliphatic carbocycles. The molecule has 0 saturated heterocycles. The second-order valence-corrected chi connectivity index (χ2v) is 14.2. The minimum atomic E-state index is -3.80. The molecule has 0 amide bonds. The molecule has 0 saturated carbocycles. The topological polar surface area (TPSA) is 130 Å². The third-order valence-electron chi connectivity index (χ3n) is 6.66. The van der Waals surface area contributed by atoms with Gasteiger partial charge in [-0.05, 0) is 12.8 Å². The molecule has 3 N–H and O–H groups in total. The molecule has 0 aliphatic heterocycles. The van der Waals surface area contributed by atoms with Gasteiger partial charge in [-0.3, -0.25) is 4.79 Å². The van der Waals surface area contributed by atoms with Gasteiger partial charge in [0.25, 0.3) is 0 Å². The van der Waals surface area contributed by atoms with Crippen molar-refractivity contribution in [3.05, 3.63) is 0 Å². The third-order valence-corrected chi connectivity index (χ3v) is 9.56. The second-order valence-electron chi connectivity index (χ2n) is 10.4. The van der Waals surface area contributed by atoms with Crippen molar-refractivity contribution in [3.8, 4) is 0 Å². The zero-order valence-corrected chi connectivity index (χ0v) is 25.3. The molecule has 0 radical (unpaired) electrons. The van der Waals surface area contributed by atoms with E-state index in [1.165, 1.54) is 70.6 Å². The van der Waals surface area contributed by atoms with Crippen LogP contribution in [0.3, 0.4) is 0 Å². The standard InChI is InChI=1S/C27H56N2O6S2/c1-3-5-7-9-11-13-15-17-19-21-23-36(32,33)28-25-26(27(30)31)29-37(34,35)24-22-20-18-16-14-12-10-8-6-4-2/h26,28-29H,3-25H2,1-2H3,(H,30,31). The first-order chi connectivity index (χ1) is 17.6. The maximum atomic E-state index is 12.3. The van der Waals surface area contributed by atoms with E-state index in [0.29, 0.717) is 12.8 Å². The molecule has 1 atom stereocenters. The molecule has 0 bridgehead atoms. The molecule has 8 nitrogen and oxygen atoms in total. The summed E-state index contributed by atoms with van der Waals surface area (Å²) in [4.78, 5) is 11.5. The van der Waals surface area contributed by atoms with Gasteiger partial charge < -0.3 is 5.11 Å². The van der Waals surface area contributed by atoms with Gasteiger partial charge in [-0.15, -0.1) is 0 Å². The fourth-order valence-electron chi connectivity index (χ4n) is 4.30. The van der Waals surface area contributed by atoms with Crippen LogP contribution in [-0.4, -0.2) is 52.0 Å². The van der Waals surface area contributed by atoms with E-state index in [9.17, 15) is 26.7 Å². The van der Waals surface area contributed by atoms with Crippen LogP contribution in [0.25, 0.3) is 0 Å². The Labute approximate surface area is 228 Å². The van der Waals surface area contributed by atoms with Crippen LogP contribution in [0.15, 0.2) is 0 Å². The maximum Gasteiger partial charge on any atom is 0.323 e. The first-order valence-corrected chi connectivity index (χ1v) is 18.1. The summed E-state index contributed by atoms with van der Waals surface area (Å²) in [7, 11) is -7.46. The molecule has 0 aromatic carbocycles. The van der Waals surface area contributed by atoms with E-state index < -0.39 is 38.6 Å². The Morgan fingerprint density at radius 3 is 1.24 bits per heavy atom. The van der Waals surface area contributed by atoms with Gasteiger partial charge in [-0.2, -0.15) is 4.72 Å². The van der Waals surface area contributed by atoms with Crippen LogP contribution in [-0.2, 0) is 24.8 Å². The van der Waals surface area contributed by atoms with Gasteiger partial charge in [0, 0.05) is 6.54 Å². The van der Waals surface area contributed by atoms with Crippen molar-refractivity contribution in [2.75, 3.05) is 18.1 Å². The molecule has 10 heteroatoms. The highest BCUT2D eigenvalue weighted by Gasteiger charge is 2.25. The SMILES string of the molecule is CCCCCCCCCCCCS(=O)(=O)NCC(NS(=O)(=O)CCCCCCCCCCCC)C(=O)O. The Morgan fingerprint density at radius 1 is 0.568 bits per heavy atom. The predicted molar refractivity (Wildman–Crippen MR) is 154 cm³/mol. The summed E-state index contributed by atoms with van der Waals surface area (Å²) in [5.74, 6) is -1.63. The number of rotatable bonds is 28. The van der Waals surface area contributed by atoms with Gasteiger partial charge in [0.1, 0.15) is 6.04 Å². The van der Waals surface area contributed by atoms with E-state index in [0.717, 1.165) is 44.9 Å². The fraction of sp³-hybridized carbons (Fsp3) is 0.963. The van der Waals surface area contributed by atoms with Crippen LogP contribution in [0.5, 0.6) is 0 Å². The molecule has 37 heavy (non-hydrogen) atoms. The molecule has 0 aliphatic rings. The Bertz CT molecular complexity index is 757. The monoisotopic (exact) mass is 568 g/mol. The van der Waals surface area contributed by atoms with Crippen LogP contribution >= 0.6 is 0 Å². The third kappa shape index (κ3) is 24.1. The number of unbranched alkanes of at least 4 members (excludes halogenated alkanes) is 18. The van der Waals surface area contributed by atoms with Gasteiger partial charge in [-0.1, -0.05) is 129 Å². The van der Waals surface area contributed by atoms with Gasteiger partial charge >= 0.3 is 5.97 Å². The van der Waals surface area contributed by atoms with Crippen molar-refractivity contribution in [1.82, 2.24) is 9.44 Å². The van der Waals surface area contributed by atoms with Crippen LogP contribution in [0.4, 0.5) is 0 Å². The van der Waals surface area contributed by atoms with Gasteiger partial charge in [0.15, 0.2) is 0 Å². The number of carboxylic acid groups (broad SMARTS) is 1. The maximum absolute atomic E-state index is 12.3. The summed E-state index contributed by atoms with van der Waals surface area (Å²) in [5.41, 5.74) is 0. The molecule has 0 aromatic rings. The van der Waals surface area contributed by atoms with E-state index in [4.69, 9.17) is 0 Å². The van der Waals surface area contributed by atoms with Crippen molar-refractivity contribution in [3.63, 3.8) is 0 Å². The average Bonchev–Trinajstić information content (AvgIpc) is 2.84. The van der Waals surface area contributed by atoms with Crippen LogP contribution < -0.4 is 9.44 Å². The number of sulfonamides is 2. The normalized spacial score (nSPS) is 13.1. The summed E-state index contributed by atoms with van der Waals surface area (Å²) < 4.78 is 53.6. The summed E-state index contributed by atoms with van der Waals surface area (Å²) in [6.45, 7) is 3.90. The highest BCUT2D eigenvalue weighted by Crippen LogP contribution is 2.12. The summed E-state index contributed by atoms with van der Waals surface area (Å²) >= 11 is 0.